The lowest BCUT2D eigenvalue weighted by molar-refractivity contribution is 1.07. The van der Waals surface area contributed by atoms with Crippen molar-refractivity contribution in [2.24, 2.45) is 0 Å². The van der Waals surface area contributed by atoms with Crippen LogP contribution < -0.4 is 0 Å². The van der Waals surface area contributed by atoms with Crippen LogP contribution >= 0.6 is 11.3 Å². The summed E-state index contributed by atoms with van der Waals surface area (Å²) >= 11 is 1.83. The molecule has 5 nitrogen and oxygen atoms in total. The summed E-state index contributed by atoms with van der Waals surface area (Å²) in [4.78, 5) is 25.3. The minimum absolute atomic E-state index is 0.618. The molecule has 0 fully saturated rings. The molecular formula is C53H33N5S. The molecule has 0 atom stereocenters. The van der Waals surface area contributed by atoms with E-state index in [4.69, 9.17) is 24.9 Å². The molecule has 11 aromatic rings. The molecule has 0 radical (unpaired) electrons. The highest BCUT2D eigenvalue weighted by molar-refractivity contribution is 7.25. The summed E-state index contributed by atoms with van der Waals surface area (Å²) < 4.78 is 2.53. The number of aromatic nitrogens is 5. The third-order valence-corrected chi connectivity index (χ3v) is 11.8. The van der Waals surface area contributed by atoms with Crippen LogP contribution in [0.4, 0.5) is 0 Å². The van der Waals surface area contributed by atoms with Crippen LogP contribution in [0.15, 0.2) is 200 Å². The van der Waals surface area contributed by atoms with Crippen LogP contribution in [0.25, 0.3) is 110 Å². The number of rotatable bonds is 7. The number of fused-ring (bicyclic) bond motifs is 4. The first-order valence-corrected chi connectivity index (χ1v) is 20.4. The lowest BCUT2D eigenvalue weighted by Gasteiger charge is -2.12. The van der Waals surface area contributed by atoms with Gasteiger partial charge in [0.25, 0.3) is 0 Å². The van der Waals surface area contributed by atoms with Gasteiger partial charge in [-0.1, -0.05) is 152 Å². The SMILES string of the molecule is c1ccc(-c2cc(-c3cccc(-c4cccc(-c5nc(-c6ccccc6)nc(-c6ccccc6)n5)c4)c3)nc(-c3ccc4sc5cc6ccccc6cc5c4c3)n2)cc1. The Morgan fingerprint density at radius 2 is 0.695 bits per heavy atom. The van der Waals surface area contributed by atoms with Crippen LogP contribution in [0.2, 0.25) is 0 Å². The summed E-state index contributed by atoms with van der Waals surface area (Å²) in [5, 5.41) is 4.96. The van der Waals surface area contributed by atoms with E-state index in [9.17, 15) is 0 Å². The minimum Gasteiger partial charge on any atom is -0.228 e. The Morgan fingerprint density at radius 3 is 1.34 bits per heavy atom. The predicted molar refractivity (Wildman–Crippen MR) is 244 cm³/mol. The number of hydrogen-bond donors (Lipinski definition) is 0. The molecule has 0 saturated carbocycles. The van der Waals surface area contributed by atoms with Gasteiger partial charge < -0.3 is 0 Å². The van der Waals surface area contributed by atoms with Crippen LogP contribution in [0.3, 0.4) is 0 Å². The maximum atomic E-state index is 5.26. The Morgan fingerprint density at radius 1 is 0.254 bits per heavy atom. The van der Waals surface area contributed by atoms with Crippen LogP contribution in [-0.2, 0) is 0 Å². The maximum absolute atomic E-state index is 5.26. The van der Waals surface area contributed by atoms with Gasteiger partial charge in [-0.2, -0.15) is 0 Å². The Bertz CT molecular complexity index is 3270. The molecule has 0 aliphatic carbocycles. The zero-order valence-corrected chi connectivity index (χ0v) is 32.5. The fourth-order valence-electron chi connectivity index (χ4n) is 7.72. The standard InChI is InChI=1S/C53H33N5S/c1-4-14-34(15-5-1)46-33-47(55-52(54-46)43-26-27-48-44(31-43)45-30-39-20-10-11-21-40(39)32-49(45)59-48)41-24-12-22-37(28-41)38-23-13-25-42(29-38)53-57-50(35-16-6-2-7-17-35)56-51(58-53)36-18-8-3-9-19-36/h1-33H. The second-order valence-corrected chi connectivity index (χ2v) is 15.6. The lowest BCUT2D eigenvalue weighted by Crippen LogP contribution is -2.00. The van der Waals surface area contributed by atoms with Crippen LogP contribution in [0, 0.1) is 0 Å². The highest BCUT2D eigenvalue weighted by atomic mass is 32.1. The van der Waals surface area contributed by atoms with Crippen LogP contribution in [0.1, 0.15) is 0 Å². The van der Waals surface area contributed by atoms with Gasteiger partial charge in [0.2, 0.25) is 0 Å². The summed E-state index contributed by atoms with van der Waals surface area (Å²) in [6, 6.07) is 69.3. The zero-order valence-electron chi connectivity index (χ0n) is 31.7. The van der Waals surface area contributed by atoms with E-state index >= 15 is 0 Å². The highest BCUT2D eigenvalue weighted by Gasteiger charge is 2.16. The molecule has 0 unspecified atom stereocenters. The molecule has 8 aromatic carbocycles. The van der Waals surface area contributed by atoms with Gasteiger partial charge in [0.1, 0.15) is 0 Å². The van der Waals surface area contributed by atoms with E-state index in [0.29, 0.717) is 23.3 Å². The van der Waals surface area contributed by atoms with Crippen molar-refractivity contribution < 1.29 is 0 Å². The van der Waals surface area contributed by atoms with E-state index in [-0.39, 0.29) is 0 Å². The van der Waals surface area contributed by atoms with Crippen molar-refractivity contribution in [3.05, 3.63) is 200 Å². The zero-order chi connectivity index (χ0) is 39.1. The number of nitrogens with zero attached hydrogens (tertiary/aromatic N) is 5. The van der Waals surface area contributed by atoms with Gasteiger partial charge >= 0.3 is 0 Å². The molecule has 0 spiro atoms. The molecule has 0 aliphatic heterocycles. The van der Waals surface area contributed by atoms with Gasteiger partial charge in [-0.15, -0.1) is 11.3 Å². The van der Waals surface area contributed by atoms with Gasteiger partial charge in [0, 0.05) is 53.6 Å². The fraction of sp³-hybridized carbons (Fsp3) is 0. The molecule has 0 amide bonds. The monoisotopic (exact) mass is 771 g/mol. The Labute approximate surface area is 345 Å². The largest absolute Gasteiger partial charge is 0.228 e. The Balaban J connectivity index is 1.00. The summed E-state index contributed by atoms with van der Waals surface area (Å²) in [5.74, 6) is 2.58. The summed E-state index contributed by atoms with van der Waals surface area (Å²) in [6.45, 7) is 0. The molecule has 276 valence electrons. The van der Waals surface area contributed by atoms with Crippen molar-refractivity contribution >= 4 is 42.3 Å². The van der Waals surface area contributed by atoms with E-state index < -0.39 is 0 Å². The molecule has 0 N–H and O–H groups in total. The second kappa shape index (κ2) is 14.7. The third-order valence-electron chi connectivity index (χ3n) is 10.7. The number of hydrogen-bond acceptors (Lipinski definition) is 6. The first kappa shape index (κ1) is 34.6. The van der Waals surface area contributed by atoms with E-state index in [0.717, 1.165) is 55.9 Å². The van der Waals surface area contributed by atoms with E-state index in [2.05, 4.69) is 133 Å². The first-order valence-electron chi connectivity index (χ1n) is 19.6. The van der Waals surface area contributed by atoms with E-state index in [1.165, 1.54) is 30.9 Å². The summed E-state index contributed by atoms with van der Waals surface area (Å²) in [5.41, 5.74) is 9.64. The van der Waals surface area contributed by atoms with Crippen LogP contribution in [-0.4, -0.2) is 24.9 Å². The smallest absolute Gasteiger partial charge is 0.164 e. The average molecular weight is 772 g/mol. The molecule has 0 bridgehead atoms. The number of benzene rings is 8. The summed E-state index contributed by atoms with van der Waals surface area (Å²) in [6.07, 6.45) is 0. The van der Waals surface area contributed by atoms with E-state index in [1.54, 1.807) is 0 Å². The lowest BCUT2D eigenvalue weighted by atomic mass is 9.99. The van der Waals surface area contributed by atoms with Crippen molar-refractivity contribution in [2.45, 2.75) is 0 Å². The predicted octanol–water partition coefficient (Wildman–Crippen LogP) is 13.9. The van der Waals surface area contributed by atoms with Crippen molar-refractivity contribution in [1.82, 2.24) is 24.9 Å². The molecule has 0 saturated heterocycles. The molecule has 0 aliphatic rings. The fourth-order valence-corrected chi connectivity index (χ4v) is 8.83. The Kier molecular flexibility index (Phi) is 8.60. The van der Waals surface area contributed by atoms with Crippen LogP contribution in [0.5, 0.6) is 0 Å². The summed E-state index contributed by atoms with van der Waals surface area (Å²) in [7, 11) is 0. The third kappa shape index (κ3) is 6.71. The van der Waals surface area contributed by atoms with Gasteiger partial charge in [-0.3, -0.25) is 0 Å². The van der Waals surface area contributed by atoms with Crippen molar-refractivity contribution in [3.8, 4) is 79.2 Å². The van der Waals surface area contributed by atoms with Crippen molar-refractivity contribution in [1.29, 1.82) is 0 Å². The van der Waals surface area contributed by atoms with Gasteiger partial charge in [-0.05, 0) is 70.4 Å². The molecule has 3 heterocycles. The average Bonchev–Trinajstić information content (AvgIpc) is 3.68. The minimum atomic E-state index is 0.618. The number of thiophene rings is 1. The van der Waals surface area contributed by atoms with Gasteiger partial charge in [0.15, 0.2) is 23.3 Å². The quantitative estimate of drug-likeness (QED) is 0.161. The highest BCUT2D eigenvalue weighted by Crippen LogP contribution is 2.39. The molecule has 11 rings (SSSR count). The first-order chi connectivity index (χ1) is 29.2. The molecule has 3 aromatic heterocycles. The molecular weight excluding hydrogens is 739 g/mol. The second-order valence-electron chi connectivity index (χ2n) is 14.5. The van der Waals surface area contributed by atoms with Gasteiger partial charge in [0.05, 0.1) is 11.4 Å². The maximum Gasteiger partial charge on any atom is 0.164 e. The van der Waals surface area contributed by atoms with Crippen molar-refractivity contribution in [3.63, 3.8) is 0 Å². The Hall–Kier alpha value is -7.67. The van der Waals surface area contributed by atoms with Gasteiger partial charge in [-0.25, -0.2) is 24.9 Å². The van der Waals surface area contributed by atoms with E-state index in [1.807, 2.05) is 78.1 Å². The van der Waals surface area contributed by atoms with Crippen molar-refractivity contribution in [2.75, 3.05) is 0 Å². The molecule has 59 heavy (non-hydrogen) atoms. The molecule has 6 heteroatoms. The topological polar surface area (TPSA) is 64.5 Å². The normalized spacial score (nSPS) is 11.4.